The number of benzene rings is 2. The van der Waals surface area contributed by atoms with Crippen molar-refractivity contribution in [3.8, 4) is 11.1 Å². The first-order chi connectivity index (χ1) is 16.1. The smallest absolute Gasteiger partial charge is 0.305 e. The van der Waals surface area contributed by atoms with Gasteiger partial charge in [0.05, 0.1) is 13.1 Å². The Morgan fingerprint density at radius 1 is 0.941 bits per heavy atom. The molecular weight excluding hydrogens is 432 g/mol. The summed E-state index contributed by atoms with van der Waals surface area (Å²) in [4.78, 5) is 40.7. The molecule has 0 spiro atoms. The number of nitrogens with zero attached hydrogens (tertiary/aromatic N) is 2. The second-order valence-corrected chi connectivity index (χ2v) is 9.37. The molecule has 1 heterocycles. The number of hydrogen-bond acceptors (Lipinski definition) is 5. The molecular formula is C26H32N4O4. The summed E-state index contributed by atoms with van der Waals surface area (Å²) in [5.74, 6) is -1.92. The van der Waals surface area contributed by atoms with Gasteiger partial charge in [-0.3, -0.25) is 14.4 Å². The number of anilines is 1. The summed E-state index contributed by atoms with van der Waals surface area (Å²) >= 11 is 0. The van der Waals surface area contributed by atoms with Gasteiger partial charge in [-0.15, -0.1) is 0 Å². The molecule has 2 aromatic rings. The van der Waals surface area contributed by atoms with Crippen molar-refractivity contribution in [3.63, 3.8) is 0 Å². The number of amides is 2. The number of carbonyl (C=O) groups is 3. The van der Waals surface area contributed by atoms with Gasteiger partial charge < -0.3 is 25.5 Å². The minimum atomic E-state index is -1.09. The summed E-state index contributed by atoms with van der Waals surface area (Å²) in [7, 11) is 1.51. The second-order valence-electron chi connectivity index (χ2n) is 9.37. The normalized spacial score (nSPS) is 15.1. The van der Waals surface area contributed by atoms with Gasteiger partial charge >= 0.3 is 5.97 Å². The summed E-state index contributed by atoms with van der Waals surface area (Å²) in [6, 6.07) is 16.3. The van der Waals surface area contributed by atoms with E-state index in [0.29, 0.717) is 6.67 Å². The van der Waals surface area contributed by atoms with Crippen LogP contribution in [0.15, 0.2) is 67.0 Å². The number of carboxylic acid groups (broad SMARTS) is 1. The lowest BCUT2D eigenvalue weighted by molar-refractivity contribution is -0.142. The first kappa shape index (κ1) is 24.8. The Labute approximate surface area is 200 Å². The van der Waals surface area contributed by atoms with Crippen LogP contribution in [0.1, 0.15) is 27.2 Å². The summed E-state index contributed by atoms with van der Waals surface area (Å²) in [6.07, 6.45) is 3.14. The highest BCUT2D eigenvalue weighted by atomic mass is 16.4. The Balaban J connectivity index is 1.73. The van der Waals surface area contributed by atoms with Crippen LogP contribution in [0, 0.1) is 5.41 Å². The molecule has 0 radical (unpaired) electrons. The maximum Gasteiger partial charge on any atom is 0.305 e. The molecule has 8 heteroatoms. The zero-order valence-electron chi connectivity index (χ0n) is 20.0. The molecule has 0 aromatic heterocycles. The molecule has 0 bridgehead atoms. The minimum Gasteiger partial charge on any atom is -0.481 e. The lowest BCUT2D eigenvalue weighted by atomic mass is 9.86. The number of carbonyl (C=O) groups excluding carboxylic acids is 2. The Bertz CT molecular complexity index is 1040. The van der Waals surface area contributed by atoms with Crippen LogP contribution in [-0.2, 0) is 14.4 Å². The zero-order valence-corrected chi connectivity index (χ0v) is 20.0. The molecule has 3 N–H and O–H groups in total. The van der Waals surface area contributed by atoms with Crippen LogP contribution in [0.4, 0.5) is 5.69 Å². The van der Waals surface area contributed by atoms with Gasteiger partial charge in [0.25, 0.3) is 0 Å². The van der Waals surface area contributed by atoms with Crippen LogP contribution in [0.3, 0.4) is 0 Å². The van der Waals surface area contributed by atoms with E-state index in [4.69, 9.17) is 0 Å². The maximum absolute atomic E-state index is 13.1. The third-order valence-electron chi connectivity index (χ3n) is 5.79. The summed E-state index contributed by atoms with van der Waals surface area (Å²) in [6.45, 7) is 5.85. The first-order valence-electron chi connectivity index (χ1n) is 11.2. The predicted octanol–water partition coefficient (Wildman–Crippen LogP) is 3.02. The number of rotatable bonds is 8. The minimum absolute atomic E-state index is 0.316. The highest BCUT2D eigenvalue weighted by Crippen LogP contribution is 2.26. The molecule has 8 nitrogen and oxygen atoms in total. The van der Waals surface area contributed by atoms with Gasteiger partial charge in [-0.05, 0) is 28.7 Å². The Morgan fingerprint density at radius 2 is 1.56 bits per heavy atom. The lowest BCUT2D eigenvalue weighted by Gasteiger charge is -2.33. The SMILES string of the molecule is CNC(=O)C(NC(=O)C(CC(=O)O)N1C=CN(c2ccc(-c3ccccc3)cc2)C1)C(C)(C)C. The third kappa shape index (κ3) is 5.95. The van der Waals surface area contributed by atoms with Gasteiger partial charge in [0.15, 0.2) is 0 Å². The Kier molecular flexibility index (Phi) is 7.61. The quantitative estimate of drug-likeness (QED) is 0.555. The van der Waals surface area contributed by atoms with Crippen molar-refractivity contribution in [1.82, 2.24) is 15.5 Å². The van der Waals surface area contributed by atoms with Gasteiger partial charge in [-0.2, -0.15) is 0 Å². The monoisotopic (exact) mass is 464 g/mol. The molecule has 3 rings (SSSR count). The fraction of sp³-hybridized carbons (Fsp3) is 0.346. The van der Waals surface area contributed by atoms with Gasteiger partial charge in [-0.25, -0.2) is 0 Å². The maximum atomic E-state index is 13.1. The van der Waals surface area contributed by atoms with Crippen LogP contribution in [0.2, 0.25) is 0 Å². The number of hydrogen-bond donors (Lipinski definition) is 3. The van der Waals surface area contributed by atoms with E-state index in [9.17, 15) is 19.5 Å². The molecule has 0 saturated heterocycles. The van der Waals surface area contributed by atoms with Crippen molar-refractivity contribution in [3.05, 3.63) is 67.0 Å². The lowest BCUT2D eigenvalue weighted by Crippen LogP contribution is -2.57. The van der Waals surface area contributed by atoms with E-state index in [0.717, 1.165) is 16.8 Å². The topological polar surface area (TPSA) is 102 Å². The highest BCUT2D eigenvalue weighted by molar-refractivity contribution is 5.92. The second kappa shape index (κ2) is 10.4. The molecule has 2 amide bonds. The first-order valence-corrected chi connectivity index (χ1v) is 11.2. The molecule has 1 aliphatic heterocycles. The van der Waals surface area contributed by atoms with Gasteiger partial charge in [0.1, 0.15) is 12.1 Å². The van der Waals surface area contributed by atoms with Gasteiger partial charge in [0, 0.05) is 25.1 Å². The average molecular weight is 465 g/mol. The van der Waals surface area contributed by atoms with E-state index in [1.54, 1.807) is 11.1 Å². The summed E-state index contributed by atoms with van der Waals surface area (Å²) in [5, 5.41) is 14.8. The van der Waals surface area contributed by atoms with E-state index in [1.165, 1.54) is 7.05 Å². The Hall–Kier alpha value is -3.81. The van der Waals surface area contributed by atoms with Gasteiger partial charge in [-0.1, -0.05) is 63.2 Å². The number of aliphatic carboxylic acids is 1. The van der Waals surface area contributed by atoms with Crippen LogP contribution in [0.25, 0.3) is 11.1 Å². The average Bonchev–Trinajstić information content (AvgIpc) is 3.30. The fourth-order valence-corrected chi connectivity index (χ4v) is 3.87. The number of nitrogens with one attached hydrogen (secondary N) is 2. The fourth-order valence-electron chi connectivity index (χ4n) is 3.87. The molecule has 180 valence electrons. The standard InChI is InChI=1S/C26H32N4O4/c1-26(2,3)23(25(34)27-4)28-24(33)21(16-22(31)32)30-15-14-29(17-30)20-12-10-19(11-13-20)18-8-6-5-7-9-18/h5-15,21,23H,16-17H2,1-4H3,(H,27,34)(H,28,33)(H,31,32). The Morgan fingerprint density at radius 3 is 2.12 bits per heavy atom. The van der Waals surface area contributed by atoms with Crippen molar-refractivity contribution in [2.75, 3.05) is 18.6 Å². The van der Waals surface area contributed by atoms with Crippen molar-refractivity contribution in [1.29, 1.82) is 0 Å². The molecule has 0 fully saturated rings. The molecule has 34 heavy (non-hydrogen) atoms. The molecule has 1 aliphatic rings. The van der Waals surface area contributed by atoms with Crippen LogP contribution < -0.4 is 15.5 Å². The van der Waals surface area contributed by atoms with Crippen molar-refractivity contribution in [2.45, 2.75) is 39.3 Å². The summed E-state index contributed by atoms with van der Waals surface area (Å²) in [5.41, 5.74) is 2.59. The van der Waals surface area contributed by atoms with E-state index in [1.807, 2.05) is 86.5 Å². The highest BCUT2D eigenvalue weighted by Gasteiger charge is 2.37. The van der Waals surface area contributed by atoms with Crippen LogP contribution >= 0.6 is 0 Å². The van der Waals surface area contributed by atoms with Crippen molar-refractivity contribution < 1.29 is 19.5 Å². The molecule has 2 atom stereocenters. The van der Waals surface area contributed by atoms with Crippen molar-refractivity contribution >= 4 is 23.5 Å². The molecule has 0 aliphatic carbocycles. The molecule has 2 unspecified atom stereocenters. The number of likely N-dealkylation sites (N-methyl/N-ethyl adjacent to an activating group) is 1. The van der Waals surface area contributed by atoms with E-state index in [2.05, 4.69) is 10.6 Å². The van der Waals surface area contributed by atoms with E-state index in [-0.39, 0.29) is 12.3 Å². The van der Waals surface area contributed by atoms with E-state index >= 15 is 0 Å². The van der Waals surface area contributed by atoms with Gasteiger partial charge in [0.2, 0.25) is 11.8 Å². The zero-order chi connectivity index (χ0) is 24.9. The molecule has 2 aromatic carbocycles. The third-order valence-corrected chi connectivity index (χ3v) is 5.79. The number of carboxylic acids is 1. The predicted molar refractivity (Wildman–Crippen MR) is 132 cm³/mol. The largest absolute Gasteiger partial charge is 0.481 e. The van der Waals surface area contributed by atoms with Crippen molar-refractivity contribution in [2.24, 2.45) is 5.41 Å². The molecule has 0 saturated carbocycles. The van der Waals surface area contributed by atoms with E-state index < -0.39 is 29.4 Å². The van der Waals surface area contributed by atoms with Crippen LogP contribution in [0.5, 0.6) is 0 Å². The van der Waals surface area contributed by atoms with Crippen LogP contribution in [-0.4, -0.2) is 53.6 Å². The summed E-state index contributed by atoms with van der Waals surface area (Å²) < 4.78 is 0.